The third kappa shape index (κ3) is 1.47. The summed E-state index contributed by atoms with van der Waals surface area (Å²) in [4.78, 5) is 26.9. The van der Waals surface area contributed by atoms with E-state index in [1.54, 1.807) is 12.1 Å². The molecule has 5 nitrogen and oxygen atoms in total. The first kappa shape index (κ1) is 10.7. The van der Waals surface area contributed by atoms with Crippen LogP contribution in [0.25, 0.3) is 10.9 Å². The largest absolute Gasteiger partial charge is 0.478 e. The summed E-state index contributed by atoms with van der Waals surface area (Å²) in [6.45, 7) is 0. The maximum Gasteiger partial charge on any atom is 0.336 e. The van der Waals surface area contributed by atoms with Crippen LogP contribution in [-0.4, -0.2) is 20.6 Å². The van der Waals surface area contributed by atoms with Crippen molar-refractivity contribution >= 4 is 29.5 Å². The molecule has 1 aromatic heterocycles. The predicted octanol–water partition coefficient (Wildman–Crippen LogP) is 0.920. The lowest BCUT2D eigenvalue weighted by Gasteiger charge is -2.05. The Morgan fingerprint density at radius 2 is 2.19 bits per heavy atom. The Hall–Kier alpha value is -1.82. The quantitative estimate of drug-likeness (QED) is 0.570. The Balaban J connectivity index is 3.04. The van der Waals surface area contributed by atoms with Crippen LogP contribution in [0.3, 0.4) is 0 Å². The molecule has 1 heterocycles. The number of carbonyl (C=O) groups is 1. The van der Waals surface area contributed by atoms with E-state index in [-0.39, 0.29) is 16.1 Å². The monoisotopic (exact) mass is 236 g/mol. The Morgan fingerprint density at radius 1 is 1.50 bits per heavy atom. The smallest absolute Gasteiger partial charge is 0.336 e. The van der Waals surface area contributed by atoms with Crippen molar-refractivity contribution in [3.63, 3.8) is 0 Å². The molecule has 1 aromatic carbocycles. The molecule has 6 heteroatoms. The zero-order chi connectivity index (χ0) is 11.9. The lowest BCUT2D eigenvalue weighted by molar-refractivity contribution is 0.0699. The van der Waals surface area contributed by atoms with Crippen LogP contribution in [0.15, 0.2) is 28.2 Å². The average molecular weight is 236 g/mol. The van der Waals surface area contributed by atoms with Gasteiger partial charge in [-0.15, -0.1) is 12.6 Å². The molecule has 0 atom stereocenters. The van der Waals surface area contributed by atoms with Crippen molar-refractivity contribution in [3.05, 3.63) is 34.1 Å². The first-order valence-electron chi connectivity index (χ1n) is 4.44. The highest BCUT2D eigenvalue weighted by atomic mass is 32.1. The van der Waals surface area contributed by atoms with Crippen molar-refractivity contribution in [2.75, 3.05) is 0 Å². The molecule has 2 rings (SSSR count). The minimum Gasteiger partial charge on any atom is -0.478 e. The topological polar surface area (TPSA) is 72.2 Å². The van der Waals surface area contributed by atoms with E-state index in [9.17, 15) is 9.59 Å². The summed E-state index contributed by atoms with van der Waals surface area (Å²) in [5, 5.41) is 9.33. The summed E-state index contributed by atoms with van der Waals surface area (Å²) in [5.41, 5.74) is -0.111. The van der Waals surface area contributed by atoms with Gasteiger partial charge in [-0.25, -0.2) is 9.78 Å². The van der Waals surface area contributed by atoms with Crippen molar-refractivity contribution < 1.29 is 9.90 Å². The number of aromatic carboxylic acids is 1. The number of hydrogen-bond donors (Lipinski definition) is 2. The van der Waals surface area contributed by atoms with Gasteiger partial charge in [0.05, 0.1) is 16.5 Å². The lowest BCUT2D eigenvalue weighted by Crippen LogP contribution is -2.21. The lowest BCUT2D eigenvalue weighted by atomic mass is 10.1. The minimum atomic E-state index is -1.14. The standard InChI is InChI=1S/C10H8N2O3S/c1-12-8(13)7-5(9(14)15)3-2-4-6(7)11-10(12)16/h2-4H,1H3,(H,11,16)(H,14,15). The number of aromatic nitrogens is 2. The summed E-state index contributed by atoms with van der Waals surface area (Å²) in [6.07, 6.45) is 0. The molecule has 0 aliphatic heterocycles. The Kier molecular flexibility index (Phi) is 2.43. The van der Waals surface area contributed by atoms with E-state index in [1.807, 2.05) is 0 Å². The van der Waals surface area contributed by atoms with E-state index in [1.165, 1.54) is 17.7 Å². The molecule has 0 saturated carbocycles. The number of benzene rings is 1. The van der Waals surface area contributed by atoms with E-state index in [4.69, 9.17) is 5.11 Å². The fraction of sp³-hybridized carbons (Fsp3) is 0.100. The highest BCUT2D eigenvalue weighted by molar-refractivity contribution is 7.80. The minimum absolute atomic E-state index is 0.0427. The van der Waals surface area contributed by atoms with E-state index in [0.29, 0.717) is 5.52 Å². The van der Waals surface area contributed by atoms with Crippen molar-refractivity contribution in [3.8, 4) is 0 Å². The number of carboxylic acid groups (broad SMARTS) is 1. The fourth-order valence-corrected chi connectivity index (χ4v) is 1.68. The molecule has 0 saturated heterocycles. The summed E-state index contributed by atoms with van der Waals surface area (Å²) >= 11 is 4.03. The van der Waals surface area contributed by atoms with Crippen LogP contribution in [0.4, 0.5) is 0 Å². The molecule has 1 N–H and O–H groups in total. The van der Waals surface area contributed by atoms with E-state index < -0.39 is 11.5 Å². The van der Waals surface area contributed by atoms with Gasteiger partial charge in [-0.1, -0.05) is 6.07 Å². The van der Waals surface area contributed by atoms with Crippen LogP contribution in [0, 0.1) is 0 Å². The highest BCUT2D eigenvalue weighted by Crippen LogP contribution is 2.14. The molecule has 0 spiro atoms. The number of rotatable bonds is 1. The van der Waals surface area contributed by atoms with Crippen molar-refractivity contribution in [1.82, 2.24) is 9.55 Å². The molecular formula is C10H8N2O3S. The maximum atomic E-state index is 11.9. The molecule has 0 amide bonds. The van der Waals surface area contributed by atoms with Gasteiger partial charge in [-0.05, 0) is 12.1 Å². The number of hydrogen-bond acceptors (Lipinski definition) is 4. The van der Waals surface area contributed by atoms with Crippen molar-refractivity contribution in [1.29, 1.82) is 0 Å². The SMILES string of the molecule is Cn1c(S)nc2cccc(C(=O)O)c2c1=O. The van der Waals surface area contributed by atoms with E-state index in [2.05, 4.69) is 17.6 Å². The molecular weight excluding hydrogens is 228 g/mol. The third-order valence-corrected chi connectivity index (χ3v) is 2.71. The van der Waals surface area contributed by atoms with Crippen LogP contribution < -0.4 is 5.56 Å². The van der Waals surface area contributed by atoms with Gasteiger partial charge in [0.1, 0.15) is 0 Å². The molecule has 0 aliphatic carbocycles. The fourth-order valence-electron chi connectivity index (χ4n) is 1.48. The molecule has 0 aliphatic rings. The second-order valence-corrected chi connectivity index (χ2v) is 3.68. The first-order chi connectivity index (χ1) is 7.52. The van der Waals surface area contributed by atoms with Gasteiger partial charge >= 0.3 is 5.97 Å². The van der Waals surface area contributed by atoms with Crippen molar-refractivity contribution in [2.45, 2.75) is 5.16 Å². The van der Waals surface area contributed by atoms with Crippen LogP contribution >= 0.6 is 12.6 Å². The molecule has 0 bridgehead atoms. The molecule has 16 heavy (non-hydrogen) atoms. The van der Waals surface area contributed by atoms with Gasteiger partial charge in [0.2, 0.25) is 0 Å². The first-order valence-corrected chi connectivity index (χ1v) is 4.89. The van der Waals surface area contributed by atoms with Crippen molar-refractivity contribution in [2.24, 2.45) is 7.05 Å². The zero-order valence-electron chi connectivity index (χ0n) is 8.34. The molecule has 2 aromatic rings. The predicted molar refractivity (Wildman–Crippen MR) is 61.2 cm³/mol. The summed E-state index contributed by atoms with van der Waals surface area (Å²) < 4.78 is 1.21. The Morgan fingerprint density at radius 3 is 2.81 bits per heavy atom. The maximum absolute atomic E-state index is 11.9. The Labute approximate surface area is 95.8 Å². The van der Waals surface area contributed by atoms with Crippen LogP contribution in [0.2, 0.25) is 0 Å². The van der Waals surface area contributed by atoms with Gasteiger partial charge < -0.3 is 5.11 Å². The number of fused-ring (bicyclic) bond motifs is 1. The number of nitrogens with zero attached hydrogens (tertiary/aromatic N) is 2. The molecule has 0 unspecified atom stereocenters. The van der Waals surface area contributed by atoms with E-state index in [0.717, 1.165) is 0 Å². The van der Waals surface area contributed by atoms with Crippen LogP contribution in [0.1, 0.15) is 10.4 Å². The molecule has 82 valence electrons. The third-order valence-electron chi connectivity index (χ3n) is 2.31. The van der Waals surface area contributed by atoms with Gasteiger partial charge in [-0.2, -0.15) is 0 Å². The number of carboxylic acids is 1. The summed E-state index contributed by atoms with van der Waals surface area (Å²) in [7, 11) is 1.50. The second-order valence-electron chi connectivity index (χ2n) is 3.28. The van der Waals surface area contributed by atoms with Crippen LogP contribution in [0.5, 0.6) is 0 Å². The molecule has 0 radical (unpaired) electrons. The van der Waals surface area contributed by atoms with Crippen LogP contribution in [-0.2, 0) is 7.05 Å². The summed E-state index contributed by atoms with van der Waals surface area (Å²) in [6, 6.07) is 4.51. The Bertz CT molecular complexity index is 648. The number of thiol groups is 1. The zero-order valence-corrected chi connectivity index (χ0v) is 9.23. The van der Waals surface area contributed by atoms with Gasteiger partial charge in [-0.3, -0.25) is 9.36 Å². The van der Waals surface area contributed by atoms with Gasteiger partial charge in [0.25, 0.3) is 5.56 Å². The van der Waals surface area contributed by atoms with Gasteiger partial charge in [0, 0.05) is 7.05 Å². The molecule has 0 fully saturated rings. The highest BCUT2D eigenvalue weighted by Gasteiger charge is 2.14. The average Bonchev–Trinajstić information content (AvgIpc) is 2.25. The summed E-state index contributed by atoms with van der Waals surface area (Å²) in [5.74, 6) is -1.14. The normalized spacial score (nSPS) is 10.6. The second kappa shape index (κ2) is 3.64. The van der Waals surface area contributed by atoms with Gasteiger partial charge in [0.15, 0.2) is 5.16 Å². The van der Waals surface area contributed by atoms with E-state index >= 15 is 0 Å².